The average molecular weight is 154 g/mol. The fraction of sp³-hybridized carbons (Fsp3) is 0.167. The van der Waals surface area contributed by atoms with Crippen LogP contribution >= 0.6 is 0 Å². The van der Waals surface area contributed by atoms with E-state index in [2.05, 4.69) is 9.84 Å². The highest BCUT2D eigenvalue weighted by Crippen LogP contribution is 1.95. The van der Waals surface area contributed by atoms with Crippen molar-refractivity contribution in [2.24, 2.45) is 7.05 Å². The van der Waals surface area contributed by atoms with E-state index in [1.54, 1.807) is 13.2 Å². The van der Waals surface area contributed by atoms with Crippen molar-refractivity contribution >= 4 is 12.4 Å². The molecule has 0 N–H and O–H groups in total. The van der Waals surface area contributed by atoms with Crippen molar-refractivity contribution in [3.8, 4) is 0 Å². The molecule has 0 aliphatic carbocycles. The zero-order valence-corrected chi connectivity index (χ0v) is 5.85. The number of hydrogen-bond donors (Lipinski definition) is 0. The second-order valence-corrected chi connectivity index (χ2v) is 1.88. The first-order valence-corrected chi connectivity index (χ1v) is 2.88. The summed E-state index contributed by atoms with van der Waals surface area (Å²) in [6, 6.07) is 1.46. The highest BCUT2D eigenvalue weighted by atomic mass is 16.6. The first kappa shape index (κ1) is 7.46. The van der Waals surface area contributed by atoms with Gasteiger partial charge >= 0.3 is 12.4 Å². The predicted molar refractivity (Wildman–Crippen MR) is 34.7 cm³/mol. The van der Waals surface area contributed by atoms with Crippen LogP contribution in [0.25, 0.3) is 0 Å². The molecular formula is C6H6N2O3. The molecule has 0 radical (unpaired) electrons. The topological polar surface area (TPSA) is 61.2 Å². The van der Waals surface area contributed by atoms with Crippen molar-refractivity contribution < 1.29 is 14.3 Å². The summed E-state index contributed by atoms with van der Waals surface area (Å²) in [6.07, 6.45) is 1.58. The molecule has 0 amide bonds. The van der Waals surface area contributed by atoms with Gasteiger partial charge in [0.15, 0.2) is 5.69 Å². The van der Waals surface area contributed by atoms with Crippen LogP contribution in [0.3, 0.4) is 0 Å². The summed E-state index contributed by atoms with van der Waals surface area (Å²) in [4.78, 5) is 20.4. The van der Waals surface area contributed by atoms with E-state index < -0.39 is 5.97 Å². The number of rotatable bonds is 2. The molecule has 0 aromatic carbocycles. The Balaban J connectivity index is 2.76. The minimum absolute atomic E-state index is 0.0804. The SMILES string of the molecule is Cn1ccc(C(=O)OC=O)n1. The van der Waals surface area contributed by atoms with Crippen LogP contribution in [0.1, 0.15) is 10.5 Å². The maximum atomic E-state index is 10.7. The summed E-state index contributed by atoms with van der Waals surface area (Å²) in [5.41, 5.74) is 0.125. The third kappa shape index (κ3) is 1.64. The van der Waals surface area contributed by atoms with E-state index in [9.17, 15) is 9.59 Å². The van der Waals surface area contributed by atoms with Crippen LogP contribution in [0.2, 0.25) is 0 Å². The maximum absolute atomic E-state index is 10.7. The monoisotopic (exact) mass is 154 g/mol. The lowest BCUT2D eigenvalue weighted by Crippen LogP contribution is -2.04. The summed E-state index contributed by atoms with van der Waals surface area (Å²) in [5, 5.41) is 3.71. The van der Waals surface area contributed by atoms with Crippen molar-refractivity contribution in [3.63, 3.8) is 0 Å². The molecule has 0 unspecified atom stereocenters. The molecule has 1 aromatic rings. The zero-order valence-electron chi connectivity index (χ0n) is 5.85. The summed E-state index contributed by atoms with van der Waals surface area (Å²) in [6.45, 7) is 0.0804. The molecule has 1 heterocycles. The van der Waals surface area contributed by atoms with Gasteiger partial charge in [-0.25, -0.2) is 4.79 Å². The first-order valence-electron chi connectivity index (χ1n) is 2.88. The van der Waals surface area contributed by atoms with E-state index in [1.807, 2.05) is 0 Å². The molecule has 0 saturated carbocycles. The first-order chi connectivity index (χ1) is 5.24. The standard InChI is InChI=1S/C6H6N2O3/c1-8-3-2-5(7-8)6(10)11-4-9/h2-4H,1H3. The lowest BCUT2D eigenvalue weighted by molar-refractivity contribution is -0.123. The molecule has 0 aliphatic rings. The molecule has 0 spiro atoms. The molecule has 11 heavy (non-hydrogen) atoms. The van der Waals surface area contributed by atoms with Crippen LogP contribution in [-0.2, 0) is 16.6 Å². The average Bonchev–Trinajstić information content (AvgIpc) is 2.36. The molecule has 0 bridgehead atoms. The number of aryl methyl sites for hydroxylation is 1. The second kappa shape index (κ2) is 2.96. The molecule has 1 rings (SSSR count). The van der Waals surface area contributed by atoms with Crippen molar-refractivity contribution in [2.45, 2.75) is 0 Å². The van der Waals surface area contributed by atoms with Crippen molar-refractivity contribution in [1.29, 1.82) is 0 Å². The van der Waals surface area contributed by atoms with Gasteiger partial charge in [0.2, 0.25) is 0 Å². The largest absolute Gasteiger partial charge is 0.391 e. The highest BCUT2D eigenvalue weighted by Gasteiger charge is 2.08. The van der Waals surface area contributed by atoms with E-state index in [1.165, 1.54) is 10.7 Å². The van der Waals surface area contributed by atoms with E-state index in [0.29, 0.717) is 0 Å². The highest BCUT2D eigenvalue weighted by molar-refractivity contribution is 5.90. The number of nitrogens with zero attached hydrogens (tertiary/aromatic N) is 2. The van der Waals surface area contributed by atoms with Gasteiger partial charge in [0.1, 0.15) is 0 Å². The Hall–Kier alpha value is -1.65. The normalized spacial score (nSPS) is 9.18. The molecule has 1 aromatic heterocycles. The van der Waals surface area contributed by atoms with Crippen molar-refractivity contribution in [2.75, 3.05) is 0 Å². The van der Waals surface area contributed by atoms with Gasteiger partial charge in [0.25, 0.3) is 0 Å². The Morgan fingerprint density at radius 2 is 2.55 bits per heavy atom. The van der Waals surface area contributed by atoms with E-state index in [0.717, 1.165) is 0 Å². The number of carbonyl (C=O) groups is 2. The van der Waals surface area contributed by atoms with Gasteiger partial charge in [-0.05, 0) is 6.07 Å². The fourth-order valence-corrected chi connectivity index (χ4v) is 0.628. The minimum atomic E-state index is -0.736. The number of hydrogen-bond acceptors (Lipinski definition) is 4. The Morgan fingerprint density at radius 1 is 1.82 bits per heavy atom. The maximum Gasteiger partial charge on any atom is 0.366 e. The predicted octanol–water partition coefficient (Wildman–Crippen LogP) is -0.267. The van der Waals surface area contributed by atoms with Crippen LogP contribution in [0.4, 0.5) is 0 Å². The number of carbonyl (C=O) groups excluding carboxylic acids is 2. The third-order valence-electron chi connectivity index (χ3n) is 1.08. The molecular weight excluding hydrogens is 148 g/mol. The number of esters is 1. The van der Waals surface area contributed by atoms with Crippen LogP contribution < -0.4 is 0 Å². The molecule has 5 heteroatoms. The fourth-order valence-electron chi connectivity index (χ4n) is 0.628. The van der Waals surface area contributed by atoms with Gasteiger partial charge in [-0.15, -0.1) is 0 Å². The lowest BCUT2D eigenvalue weighted by Gasteiger charge is -1.89. The summed E-state index contributed by atoms with van der Waals surface area (Å²) in [5.74, 6) is -0.736. The smallest absolute Gasteiger partial charge is 0.366 e. The van der Waals surface area contributed by atoms with E-state index >= 15 is 0 Å². The lowest BCUT2D eigenvalue weighted by atomic mass is 10.4. The molecule has 0 fully saturated rings. The van der Waals surface area contributed by atoms with Crippen LogP contribution in [0, 0.1) is 0 Å². The molecule has 5 nitrogen and oxygen atoms in total. The second-order valence-electron chi connectivity index (χ2n) is 1.88. The van der Waals surface area contributed by atoms with Crippen molar-refractivity contribution in [3.05, 3.63) is 18.0 Å². The number of ether oxygens (including phenoxy) is 1. The summed E-state index contributed by atoms with van der Waals surface area (Å²) in [7, 11) is 1.66. The molecule has 0 atom stereocenters. The quantitative estimate of drug-likeness (QED) is 0.334. The van der Waals surface area contributed by atoms with E-state index in [4.69, 9.17) is 0 Å². The molecule has 0 aliphatic heterocycles. The van der Waals surface area contributed by atoms with Gasteiger partial charge in [0.05, 0.1) is 0 Å². The van der Waals surface area contributed by atoms with E-state index in [-0.39, 0.29) is 12.2 Å². The Morgan fingerprint density at radius 3 is 3.00 bits per heavy atom. The van der Waals surface area contributed by atoms with Crippen LogP contribution in [0.5, 0.6) is 0 Å². The van der Waals surface area contributed by atoms with Crippen molar-refractivity contribution in [1.82, 2.24) is 9.78 Å². The Bertz CT molecular complexity index is 279. The number of aromatic nitrogens is 2. The van der Waals surface area contributed by atoms with Gasteiger partial charge < -0.3 is 4.74 Å². The summed E-state index contributed by atoms with van der Waals surface area (Å²) < 4.78 is 5.49. The molecule has 58 valence electrons. The Kier molecular flexibility index (Phi) is 2.00. The zero-order chi connectivity index (χ0) is 8.27. The summed E-state index contributed by atoms with van der Waals surface area (Å²) >= 11 is 0. The van der Waals surface area contributed by atoms with Crippen LogP contribution in [-0.4, -0.2) is 22.2 Å². The van der Waals surface area contributed by atoms with Gasteiger partial charge in [0, 0.05) is 13.2 Å². The third-order valence-corrected chi connectivity index (χ3v) is 1.08. The van der Waals surface area contributed by atoms with Gasteiger partial charge in [-0.3, -0.25) is 9.48 Å². The minimum Gasteiger partial charge on any atom is -0.391 e. The molecule has 0 saturated heterocycles. The van der Waals surface area contributed by atoms with Gasteiger partial charge in [-0.1, -0.05) is 0 Å². The van der Waals surface area contributed by atoms with Crippen LogP contribution in [0.15, 0.2) is 12.3 Å². The van der Waals surface area contributed by atoms with Gasteiger partial charge in [-0.2, -0.15) is 5.10 Å². The Labute approximate surface area is 62.6 Å².